The number of carbonyl (C=O) groups is 2. The highest BCUT2D eigenvalue weighted by Gasteiger charge is 2.27. The summed E-state index contributed by atoms with van der Waals surface area (Å²) in [7, 11) is -2.90. The molecule has 1 rings (SSSR count). The molecule has 0 aliphatic heterocycles. The van der Waals surface area contributed by atoms with Gasteiger partial charge in [0.05, 0.1) is 13.4 Å². The first-order valence-electron chi connectivity index (χ1n) is 6.14. The predicted molar refractivity (Wildman–Crippen MR) is 70.9 cm³/mol. The summed E-state index contributed by atoms with van der Waals surface area (Å²) in [5, 5.41) is 8.75. The second-order valence-electron chi connectivity index (χ2n) is 4.17. The minimum atomic E-state index is -4.06. The summed E-state index contributed by atoms with van der Waals surface area (Å²) in [5.41, 5.74) is 0. The van der Waals surface area contributed by atoms with Crippen molar-refractivity contribution in [2.75, 3.05) is 7.11 Å². The first-order chi connectivity index (χ1) is 9.80. The molecule has 0 saturated heterocycles. The molecule has 9 nitrogen and oxygen atoms in total. The molecular weight excluding hydrogens is 302 g/mol. The third-order valence-corrected chi connectivity index (χ3v) is 4.07. The maximum Gasteiger partial charge on any atom is 0.321 e. The molecule has 1 heterocycles. The van der Waals surface area contributed by atoms with Crippen LogP contribution >= 0.6 is 0 Å². The summed E-state index contributed by atoms with van der Waals surface area (Å²) in [6.45, 7) is 2.34. The van der Waals surface area contributed by atoms with Gasteiger partial charge in [0.15, 0.2) is 5.03 Å². The summed E-state index contributed by atoms with van der Waals surface area (Å²) < 4.78 is 32.0. The highest BCUT2D eigenvalue weighted by atomic mass is 32.2. The van der Waals surface area contributed by atoms with Gasteiger partial charge in [-0.05, 0) is 13.3 Å². The Kier molecular flexibility index (Phi) is 5.85. The molecule has 118 valence electrons. The molecule has 0 unspecified atom stereocenters. The van der Waals surface area contributed by atoms with Crippen molar-refractivity contribution in [2.45, 2.75) is 37.4 Å². The van der Waals surface area contributed by atoms with Gasteiger partial charge in [-0.25, -0.2) is 13.4 Å². The lowest BCUT2D eigenvalue weighted by Gasteiger charge is -2.12. The highest BCUT2D eigenvalue weighted by molar-refractivity contribution is 7.89. The second kappa shape index (κ2) is 7.18. The summed E-state index contributed by atoms with van der Waals surface area (Å²) in [4.78, 5) is 25.8. The van der Waals surface area contributed by atoms with Crippen LogP contribution < -0.4 is 4.72 Å². The Balaban J connectivity index is 2.82. The van der Waals surface area contributed by atoms with Crippen molar-refractivity contribution in [3.8, 4) is 0 Å². The molecule has 0 spiro atoms. The molecule has 1 aromatic heterocycles. The van der Waals surface area contributed by atoms with Crippen LogP contribution in [-0.4, -0.2) is 48.2 Å². The van der Waals surface area contributed by atoms with Gasteiger partial charge in [-0.1, -0.05) is 0 Å². The van der Waals surface area contributed by atoms with E-state index in [0.717, 1.165) is 0 Å². The number of aryl methyl sites for hydroxylation is 1. The molecule has 0 amide bonds. The number of aliphatic carboxylic acids is 1. The average Bonchev–Trinajstić information content (AvgIpc) is 2.92. The van der Waals surface area contributed by atoms with Crippen LogP contribution in [0.4, 0.5) is 0 Å². The van der Waals surface area contributed by atoms with Crippen LogP contribution in [0.1, 0.15) is 19.8 Å². The molecule has 2 N–H and O–H groups in total. The number of esters is 1. The molecule has 0 aliphatic rings. The van der Waals surface area contributed by atoms with Gasteiger partial charge >= 0.3 is 11.9 Å². The second-order valence-corrected chi connectivity index (χ2v) is 5.83. The van der Waals surface area contributed by atoms with Gasteiger partial charge in [0.25, 0.3) is 10.0 Å². The van der Waals surface area contributed by atoms with Gasteiger partial charge in [-0.3, -0.25) is 9.59 Å². The van der Waals surface area contributed by atoms with Crippen molar-refractivity contribution in [3.05, 3.63) is 12.5 Å². The molecule has 10 heteroatoms. The van der Waals surface area contributed by atoms with Crippen LogP contribution in [0.15, 0.2) is 17.6 Å². The van der Waals surface area contributed by atoms with Gasteiger partial charge < -0.3 is 14.4 Å². The molecule has 0 aromatic carbocycles. The fraction of sp³-hybridized carbons (Fsp3) is 0.545. The Morgan fingerprint density at radius 1 is 1.52 bits per heavy atom. The smallest absolute Gasteiger partial charge is 0.321 e. The van der Waals surface area contributed by atoms with E-state index in [1.165, 1.54) is 19.6 Å². The number of rotatable bonds is 8. The van der Waals surface area contributed by atoms with Crippen molar-refractivity contribution in [2.24, 2.45) is 0 Å². The number of carboxylic acid groups (broad SMARTS) is 1. The van der Waals surface area contributed by atoms with Crippen molar-refractivity contribution < 1.29 is 27.9 Å². The van der Waals surface area contributed by atoms with Crippen LogP contribution in [0.2, 0.25) is 0 Å². The summed E-state index contributed by atoms with van der Waals surface area (Å²) in [6, 6.07) is -1.43. The molecule has 1 aromatic rings. The number of hydrogen-bond acceptors (Lipinski definition) is 6. The number of nitrogens with zero attached hydrogens (tertiary/aromatic N) is 2. The lowest BCUT2D eigenvalue weighted by Crippen LogP contribution is -2.41. The first kappa shape index (κ1) is 17.1. The van der Waals surface area contributed by atoms with Crippen LogP contribution in [-0.2, 0) is 30.9 Å². The zero-order valence-corrected chi connectivity index (χ0v) is 12.5. The number of aromatic nitrogens is 2. The van der Waals surface area contributed by atoms with Crippen molar-refractivity contribution >= 4 is 22.0 Å². The van der Waals surface area contributed by atoms with Crippen molar-refractivity contribution in [3.63, 3.8) is 0 Å². The quantitative estimate of drug-likeness (QED) is 0.623. The number of carbonyl (C=O) groups excluding carboxylic acids is 1. The van der Waals surface area contributed by atoms with Gasteiger partial charge in [0.2, 0.25) is 0 Å². The Bertz CT molecular complexity index is 609. The summed E-state index contributed by atoms with van der Waals surface area (Å²) >= 11 is 0. The normalized spacial score (nSPS) is 12.9. The zero-order chi connectivity index (χ0) is 16.0. The van der Waals surface area contributed by atoms with E-state index in [0.29, 0.717) is 6.54 Å². The SMILES string of the molecule is CCn1cnc(S(=O)(=O)N[C@@H](CCC(=O)OC)C(=O)O)c1. The van der Waals surface area contributed by atoms with E-state index in [-0.39, 0.29) is 17.9 Å². The van der Waals surface area contributed by atoms with E-state index in [9.17, 15) is 18.0 Å². The first-order valence-corrected chi connectivity index (χ1v) is 7.62. The Morgan fingerprint density at radius 2 is 2.19 bits per heavy atom. The number of hydrogen-bond donors (Lipinski definition) is 2. The maximum atomic E-state index is 12.0. The minimum Gasteiger partial charge on any atom is -0.480 e. The molecule has 0 fully saturated rings. The fourth-order valence-corrected chi connectivity index (χ4v) is 2.67. The van der Waals surface area contributed by atoms with Crippen LogP contribution in [0.3, 0.4) is 0 Å². The Labute approximate surface area is 122 Å². The van der Waals surface area contributed by atoms with E-state index in [2.05, 4.69) is 9.72 Å². The highest BCUT2D eigenvalue weighted by Crippen LogP contribution is 2.09. The lowest BCUT2D eigenvalue weighted by molar-refractivity contribution is -0.142. The minimum absolute atomic E-state index is 0.209. The number of ether oxygens (including phenoxy) is 1. The zero-order valence-electron chi connectivity index (χ0n) is 11.6. The van der Waals surface area contributed by atoms with E-state index < -0.39 is 28.0 Å². The summed E-state index contributed by atoms with van der Waals surface area (Å²) in [5.74, 6) is -1.99. The largest absolute Gasteiger partial charge is 0.480 e. The van der Waals surface area contributed by atoms with Crippen molar-refractivity contribution in [1.82, 2.24) is 14.3 Å². The fourth-order valence-electron chi connectivity index (χ4n) is 1.50. The number of imidazole rings is 1. The third-order valence-electron chi connectivity index (χ3n) is 2.71. The predicted octanol–water partition coefficient (Wildman–Crippen LogP) is -0.412. The molecule has 0 bridgehead atoms. The van der Waals surface area contributed by atoms with Crippen LogP contribution in [0.25, 0.3) is 0 Å². The van der Waals surface area contributed by atoms with Gasteiger partial charge in [-0.2, -0.15) is 4.72 Å². The van der Waals surface area contributed by atoms with E-state index in [1.54, 1.807) is 4.57 Å². The molecule has 1 atom stereocenters. The van der Waals surface area contributed by atoms with Gasteiger partial charge in [0.1, 0.15) is 6.04 Å². The van der Waals surface area contributed by atoms with Crippen LogP contribution in [0, 0.1) is 0 Å². The van der Waals surface area contributed by atoms with Gasteiger partial charge in [-0.15, -0.1) is 0 Å². The summed E-state index contributed by atoms with van der Waals surface area (Å²) in [6.07, 6.45) is 2.20. The van der Waals surface area contributed by atoms with E-state index in [4.69, 9.17) is 5.11 Å². The molecule has 0 radical (unpaired) electrons. The van der Waals surface area contributed by atoms with Crippen LogP contribution in [0.5, 0.6) is 0 Å². The molecule has 0 saturated carbocycles. The lowest BCUT2D eigenvalue weighted by atomic mass is 10.2. The van der Waals surface area contributed by atoms with Crippen molar-refractivity contribution in [1.29, 1.82) is 0 Å². The average molecular weight is 319 g/mol. The number of carboxylic acids is 1. The molecule has 0 aliphatic carbocycles. The topological polar surface area (TPSA) is 128 Å². The maximum absolute atomic E-state index is 12.0. The standard InChI is InChI=1S/C11H17N3O6S/c1-3-14-6-9(12-7-14)21(18,19)13-8(11(16)17)4-5-10(15)20-2/h6-8,13H,3-5H2,1-2H3,(H,16,17)/t8-/m0/s1. The monoisotopic (exact) mass is 319 g/mol. The molecule has 21 heavy (non-hydrogen) atoms. The Hall–Kier alpha value is -1.94. The van der Waals surface area contributed by atoms with Gasteiger partial charge in [0, 0.05) is 19.2 Å². The van der Waals surface area contributed by atoms with E-state index in [1.807, 2.05) is 11.6 Å². The number of sulfonamides is 1. The number of methoxy groups -OCH3 is 1. The third kappa shape index (κ3) is 4.83. The number of nitrogens with one attached hydrogen (secondary N) is 1. The van der Waals surface area contributed by atoms with E-state index >= 15 is 0 Å². The molecular formula is C11H17N3O6S. The Morgan fingerprint density at radius 3 is 2.67 bits per heavy atom.